The van der Waals surface area contributed by atoms with E-state index in [9.17, 15) is 9.18 Å². The molecule has 70 valence electrons. The first kappa shape index (κ1) is 9.71. The number of phenolic OH excluding ortho intramolecular Hbond substituents is 1. The van der Waals surface area contributed by atoms with E-state index in [2.05, 4.69) is 0 Å². The van der Waals surface area contributed by atoms with E-state index in [-0.39, 0.29) is 11.5 Å². The number of aryl methyl sites for hydroxylation is 1. The molecule has 0 aliphatic carbocycles. The summed E-state index contributed by atoms with van der Waals surface area (Å²) >= 11 is 0. The monoisotopic (exact) mass is 182 g/mol. The van der Waals surface area contributed by atoms with Crippen LogP contribution >= 0.6 is 0 Å². The molecular formula is C10H11FO2. The normalized spacial score (nSPS) is 10.0. The van der Waals surface area contributed by atoms with Crippen molar-refractivity contribution in [2.75, 3.05) is 0 Å². The molecule has 0 amide bonds. The van der Waals surface area contributed by atoms with Gasteiger partial charge in [-0.2, -0.15) is 0 Å². The molecule has 1 rings (SSSR count). The predicted molar refractivity (Wildman–Crippen MR) is 47.1 cm³/mol. The van der Waals surface area contributed by atoms with E-state index in [1.165, 1.54) is 19.1 Å². The highest BCUT2D eigenvalue weighted by Gasteiger charge is 2.01. The molecule has 0 heterocycles. The van der Waals surface area contributed by atoms with Gasteiger partial charge in [-0.05, 0) is 31.0 Å². The third-order valence-electron chi connectivity index (χ3n) is 1.71. The minimum Gasteiger partial charge on any atom is -0.508 e. The molecule has 13 heavy (non-hydrogen) atoms. The summed E-state index contributed by atoms with van der Waals surface area (Å²) in [4.78, 5) is 10.6. The molecule has 0 aliphatic heterocycles. The largest absolute Gasteiger partial charge is 0.508 e. The number of carbonyl (C=O) groups is 1. The maximum absolute atomic E-state index is 12.7. The third-order valence-corrected chi connectivity index (χ3v) is 1.71. The zero-order valence-corrected chi connectivity index (χ0v) is 7.38. The fourth-order valence-electron chi connectivity index (χ4n) is 1.10. The summed E-state index contributed by atoms with van der Waals surface area (Å²) in [5.74, 6) is -0.513. The van der Waals surface area contributed by atoms with Crippen molar-refractivity contribution >= 4 is 5.78 Å². The van der Waals surface area contributed by atoms with Gasteiger partial charge in [0, 0.05) is 12.5 Å². The summed E-state index contributed by atoms with van der Waals surface area (Å²) in [6, 6.07) is 3.83. The second-order valence-corrected chi connectivity index (χ2v) is 3.02. The van der Waals surface area contributed by atoms with Gasteiger partial charge in [0.2, 0.25) is 0 Å². The van der Waals surface area contributed by atoms with E-state index >= 15 is 0 Å². The summed E-state index contributed by atoms with van der Waals surface area (Å²) in [7, 11) is 0. The fourth-order valence-corrected chi connectivity index (χ4v) is 1.10. The lowest BCUT2D eigenvalue weighted by Gasteiger charge is -2.00. The Kier molecular flexibility index (Phi) is 3.01. The molecule has 0 saturated heterocycles. The molecule has 1 aromatic carbocycles. The van der Waals surface area contributed by atoms with Crippen molar-refractivity contribution in [2.24, 2.45) is 0 Å². The second kappa shape index (κ2) is 4.03. The summed E-state index contributed by atoms with van der Waals surface area (Å²) in [5, 5.41) is 9.03. The van der Waals surface area contributed by atoms with Gasteiger partial charge >= 0.3 is 0 Å². The zero-order chi connectivity index (χ0) is 9.84. The van der Waals surface area contributed by atoms with Crippen LogP contribution in [0.4, 0.5) is 4.39 Å². The highest BCUT2D eigenvalue weighted by molar-refractivity contribution is 5.75. The predicted octanol–water partition coefficient (Wildman–Crippen LogP) is 2.05. The molecule has 0 bridgehead atoms. The van der Waals surface area contributed by atoms with Gasteiger partial charge in [0.1, 0.15) is 17.3 Å². The quantitative estimate of drug-likeness (QED) is 0.776. The van der Waals surface area contributed by atoms with Gasteiger partial charge in [-0.3, -0.25) is 0 Å². The van der Waals surface area contributed by atoms with E-state index in [4.69, 9.17) is 5.11 Å². The van der Waals surface area contributed by atoms with Crippen LogP contribution in [-0.2, 0) is 11.2 Å². The van der Waals surface area contributed by atoms with Crippen molar-refractivity contribution < 1.29 is 14.3 Å². The third kappa shape index (κ3) is 3.23. The number of aromatic hydroxyl groups is 1. The van der Waals surface area contributed by atoms with Crippen LogP contribution in [0.2, 0.25) is 0 Å². The number of halogens is 1. The van der Waals surface area contributed by atoms with Crippen molar-refractivity contribution in [1.29, 1.82) is 0 Å². The highest BCUT2D eigenvalue weighted by Crippen LogP contribution is 2.15. The number of phenols is 1. The molecule has 0 aromatic heterocycles. The van der Waals surface area contributed by atoms with Gasteiger partial charge in [-0.15, -0.1) is 0 Å². The lowest BCUT2D eigenvalue weighted by Crippen LogP contribution is -1.94. The van der Waals surface area contributed by atoms with Crippen molar-refractivity contribution in [2.45, 2.75) is 19.8 Å². The molecule has 0 aliphatic rings. The minimum absolute atomic E-state index is 0.0590. The SMILES string of the molecule is CC(=O)CCc1cc(O)cc(F)c1. The Bertz CT molecular complexity index is 300. The standard InChI is InChI=1S/C10H11FO2/c1-7(12)2-3-8-4-9(11)6-10(13)5-8/h4-6,13H,2-3H2,1H3. The van der Waals surface area contributed by atoms with Crippen molar-refractivity contribution in [3.63, 3.8) is 0 Å². The van der Waals surface area contributed by atoms with Crippen LogP contribution in [-0.4, -0.2) is 10.9 Å². The van der Waals surface area contributed by atoms with Crippen LogP contribution in [0, 0.1) is 5.82 Å². The molecule has 3 heteroatoms. The smallest absolute Gasteiger partial charge is 0.130 e. The number of benzene rings is 1. The molecule has 0 fully saturated rings. The van der Waals surface area contributed by atoms with Crippen molar-refractivity contribution in [3.05, 3.63) is 29.6 Å². The maximum Gasteiger partial charge on any atom is 0.130 e. The molecule has 0 unspecified atom stereocenters. The Morgan fingerprint density at radius 1 is 1.46 bits per heavy atom. The average Bonchev–Trinajstić information content (AvgIpc) is 1.99. The van der Waals surface area contributed by atoms with Crippen LogP contribution in [0.3, 0.4) is 0 Å². The van der Waals surface area contributed by atoms with Gasteiger partial charge in [0.15, 0.2) is 0 Å². The zero-order valence-electron chi connectivity index (χ0n) is 7.38. The van der Waals surface area contributed by atoms with Crippen molar-refractivity contribution in [1.82, 2.24) is 0 Å². The van der Waals surface area contributed by atoms with E-state index in [0.29, 0.717) is 18.4 Å². The van der Waals surface area contributed by atoms with E-state index in [1.54, 1.807) is 0 Å². The number of hydrogen-bond acceptors (Lipinski definition) is 2. The Hall–Kier alpha value is -1.38. The van der Waals surface area contributed by atoms with Crippen LogP contribution < -0.4 is 0 Å². The van der Waals surface area contributed by atoms with E-state index < -0.39 is 5.82 Å². The van der Waals surface area contributed by atoms with Gasteiger partial charge < -0.3 is 9.90 Å². The Morgan fingerprint density at radius 2 is 2.15 bits per heavy atom. The molecule has 0 saturated carbocycles. The highest BCUT2D eigenvalue weighted by atomic mass is 19.1. The lowest BCUT2D eigenvalue weighted by atomic mass is 10.1. The Balaban J connectivity index is 2.71. The van der Waals surface area contributed by atoms with Gasteiger partial charge in [-0.1, -0.05) is 0 Å². The summed E-state index contributed by atoms with van der Waals surface area (Å²) in [6.07, 6.45) is 0.851. The minimum atomic E-state index is -0.474. The van der Waals surface area contributed by atoms with Gasteiger partial charge in [-0.25, -0.2) is 4.39 Å². The van der Waals surface area contributed by atoms with Crippen LogP contribution in [0.1, 0.15) is 18.9 Å². The molecule has 2 nitrogen and oxygen atoms in total. The van der Waals surface area contributed by atoms with Gasteiger partial charge in [0.05, 0.1) is 0 Å². The first-order valence-corrected chi connectivity index (χ1v) is 4.06. The number of Topliss-reactive ketones (excluding diaryl/α,β-unsaturated/α-hetero) is 1. The molecule has 0 spiro atoms. The second-order valence-electron chi connectivity index (χ2n) is 3.02. The topological polar surface area (TPSA) is 37.3 Å². The number of ketones is 1. The van der Waals surface area contributed by atoms with Crippen LogP contribution in [0.15, 0.2) is 18.2 Å². The Labute approximate surface area is 76.0 Å². The average molecular weight is 182 g/mol. The van der Waals surface area contributed by atoms with Crippen molar-refractivity contribution in [3.8, 4) is 5.75 Å². The number of rotatable bonds is 3. The Morgan fingerprint density at radius 3 is 2.69 bits per heavy atom. The van der Waals surface area contributed by atoms with Crippen LogP contribution in [0.25, 0.3) is 0 Å². The van der Waals surface area contributed by atoms with E-state index in [0.717, 1.165) is 6.07 Å². The molecule has 1 aromatic rings. The van der Waals surface area contributed by atoms with Gasteiger partial charge in [0.25, 0.3) is 0 Å². The lowest BCUT2D eigenvalue weighted by molar-refractivity contribution is -0.116. The van der Waals surface area contributed by atoms with Crippen LogP contribution in [0.5, 0.6) is 5.75 Å². The summed E-state index contributed by atoms with van der Waals surface area (Å²) in [5.41, 5.74) is 0.646. The summed E-state index contributed by atoms with van der Waals surface area (Å²) < 4.78 is 12.7. The molecule has 1 N–H and O–H groups in total. The molecule has 0 atom stereocenters. The van der Waals surface area contributed by atoms with E-state index in [1.807, 2.05) is 0 Å². The number of hydrogen-bond donors (Lipinski definition) is 1. The summed E-state index contributed by atoms with van der Waals surface area (Å²) in [6.45, 7) is 1.49. The fraction of sp³-hybridized carbons (Fsp3) is 0.300. The molecular weight excluding hydrogens is 171 g/mol. The first-order valence-electron chi connectivity index (χ1n) is 4.06. The molecule has 0 radical (unpaired) electrons. The number of carbonyl (C=O) groups excluding carboxylic acids is 1. The maximum atomic E-state index is 12.7. The first-order chi connectivity index (χ1) is 6.08.